The molecule has 0 amide bonds. The molecule has 9 nitrogen and oxygen atoms in total. The van der Waals surface area contributed by atoms with Gasteiger partial charge >= 0.3 is 0 Å². The number of aromatic nitrogens is 5. The standard InChI is InChI=1S/C26H24N6O3S2/c1-16-14-36-26-30-21(13-32(16)26)11-29-37(34,35)15-17-3-4-18-5-6-24-23(25(33)22(18)7-17)8-19(9-27-24)20-10-28-31(2)12-20/h3-10,12-14,25,29,33H,11,15H2,1-2H3. The molecule has 188 valence electrons. The molecule has 1 aromatic carbocycles. The van der Waals surface area contributed by atoms with Gasteiger partial charge in [-0.2, -0.15) is 5.10 Å². The summed E-state index contributed by atoms with van der Waals surface area (Å²) in [6.45, 7) is 2.10. The number of nitrogens with one attached hydrogen (secondary N) is 1. The lowest BCUT2D eigenvalue weighted by atomic mass is 9.95. The molecule has 1 atom stereocenters. The summed E-state index contributed by atoms with van der Waals surface area (Å²) >= 11 is 1.52. The Morgan fingerprint density at radius 1 is 1.11 bits per heavy atom. The number of thiazole rings is 1. The summed E-state index contributed by atoms with van der Waals surface area (Å²) in [6.07, 6.45) is 10.1. The Morgan fingerprint density at radius 3 is 2.76 bits per heavy atom. The van der Waals surface area contributed by atoms with Crippen LogP contribution in [0.15, 0.2) is 54.4 Å². The minimum absolute atomic E-state index is 0.114. The number of aliphatic hydroxyl groups is 1. The van der Waals surface area contributed by atoms with Crippen molar-refractivity contribution < 1.29 is 13.5 Å². The summed E-state index contributed by atoms with van der Waals surface area (Å²) in [7, 11) is -1.79. The smallest absolute Gasteiger partial charge is 0.216 e. The molecule has 0 radical (unpaired) electrons. The summed E-state index contributed by atoms with van der Waals surface area (Å²) in [5.41, 5.74) is 6.83. The SMILES string of the molecule is Cc1csc2nc(CNS(=O)(=O)Cc3ccc4c(c3)C(O)c3cc(-c5cnn(C)c5)cnc3C=C4)cn12. The van der Waals surface area contributed by atoms with Crippen molar-refractivity contribution >= 4 is 38.5 Å². The van der Waals surface area contributed by atoms with Gasteiger partial charge in [0.05, 0.1) is 29.9 Å². The van der Waals surface area contributed by atoms with E-state index in [2.05, 4.69) is 19.8 Å². The third kappa shape index (κ3) is 4.62. The number of imidazole rings is 1. The highest BCUT2D eigenvalue weighted by molar-refractivity contribution is 7.88. The van der Waals surface area contributed by atoms with Crippen LogP contribution in [-0.2, 0) is 29.4 Å². The Morgan fingerprint density at radius 2 is 1.97 bits per heavy atom. The van der Waals surface area contributed by atoms with E-state index in [0.717, 1.165) is 27.3 Å². The van der Waals surface area contributed by atoms with E-state index >= 15 is 0 Å². The number of pyridine rings is 1. The Bertz CT molecular complexity index is 1780. The van der Waals surface area contributed by atoms with E-state index in [9.17, 15) is 13.5 Å². The highest BCUT2D eigenvalue weighted by Gasteiger charge is 2.23. The molecule has 0 aliphatic heterocycles. The van der Waals surface area contributed by atoms with Crippen molar-refractivity contribution in [3.05, 3.63) is 93.8 Å². The molecule has 37 heavy (non-hydrogen) atoms. The number of rotatable bonds is 6. The first kappa shape index (κ1) is 23.7. The van der Waals surface area contributed by atoms with Crippen LogP contribution in [-0.4, -0.2) is 37.7 Å². The highest BCUT2D eigenvalue weighted by Crippen LogP contribution is 2.35. The van der Waals surface area contributed by atoms with Gasteiger partial charge in [0.25, 0.3) is 0 Å². The lowest BCUT2D eigenvalue weighted by molar-refractivity contribution is 0.219. The van der Waals surface area contributed by atoms with Crippen LogP contribution < -0.4 is 4.72 Å². The number of hydrogen-bond donors (Lipinski definition) is 2. The number of aliphatic hydroxyl groups excluding tert-OH is 1. The largest absolute Gasteiger partial charge is 0.384 e. The average molecular weight is 533 g/mol. The molecule has 0 saturated carbocycles. The minimum atomic E-state index is -3.63. The van der Waals surface area contributed by atoms with Gasteiger partial charge in [0.1, 0.15) is 6.10 Å². The number of sulfonamides is 1. The van der Waals surface area contributed by atoms with Gasteiger partial charge in [-0.15, -0.1) is 11.3 Å². The van der Waals surface area contributed by atoms with Crippen LogP contribution >= 0.6 is 11.3 Å². The van der Waals surface area contributed by atoms with Gasteiger partial charge in [-0.05, 0) is 35.8 Å². The molecule has 1 aliphatic rings. The maximum absolute atomic E-state index is 12.9. The molecule has 5 aromatic rings. The summed E-state index contributed by atoms with van der Waals surface area (Å²) in [4.78, 5) is 9.86. The lowest BCUT2D eigenvalue weighted by Gasteiger charge is -2.16. The van der Waals surface area contributed by atoms with Gasteiger partial charge in [0.15, 0.2) is 4.96 Å². The molecule has 4 heterocycles. The van der Waals surface area contributed by atoms with Crippen LogP contribution in [0.2, 0.25) is 0 Å². The summed E-state index contributed by atoms with van der Waals surface area (Å²) in [5.74, 6) is -0.210. The van der Waals surface area contributed by atoms with E-state index in [0.29, 0.717) is 28.1 Å². The molecule has 2 N–H and O–H groups in total. The maximum atomic E-state index is 12.9. The van der Waals surface area contributed by atoms with Gasteiger partial charge in [0.2, 0.25) is 10.0 Å². The zero-order chi connectivity index (χ0) is 25.7. The van der Waals surface area contributed by atoms with Gasteiger partial charge < -0.3 is 5.11 Å². The van der Waals surface area contributed by atoms with Crippen molar-refractivity contribution in [1.29, 1.82) is 0 Å². The van der Waals surface area contributed by atoms with Crippen LogP contribution in [0.3, 0.4) is 0 Å². The predicted octanol–water partition coefficient (Wildman–Crippen LogP) is 3.68. The van der Waals surface area contributed by atoms with Crippen molar-refractivity contribution in [2.75, 3.05) is 0 Å². The third-order valence-corrected chi connectivity index (χ3v) is 8.67. The number of nitrogens with zero attached hydrogens (tertiary/aromatic N) is 5. The van der Waals surface area contributed by atoms with Crippen LogP contribution in [0, 0.1) is 6.92 Å². The molecule has 4 aromatic heterocycles. The monoisotopic (exact) mass is 532 g/mol. The molecule has 0 saturated heterocycles. The van der Waals surface area contributed by atoms with E-state index in [-0.39, 0.29) is 12.3 Å². The second kappa shape index (κ2) is 9.03. The second-order valence-corrected chi connectivity index (χ2v) is 11.8. The quantitative estimate of drug-likeness (QED) is 0.345. The molecule has 6 rings (SSSR count). The van der Waals surface area contributed by atoms with E-state index in [1.807, 2.05) is 60.4 Å². The molecule has 1 unspecified atom stereocenters. The highest BCUT2D eigenvalue weighted by atomic mass is 32.2. The number of fused-ring (bicyclic) bond motifs is 3. The van der Waals surface area contributed by atoms with Gasteiger partial charge in [-0.25, -0.2) is 18.1 Å². The van der Waals surface area contributed by atoms with Crippen LogP contribution in [0.5, 0.6) is 0 Å². The maximum Gasteiger partial charge on any atom is 0.216 e. The van der Waals surface area contributed by atoms with Gasteiger partial charge in [0, 0.05) is 53.4 Å². The normalized spacial score (nSPS) is 15.1. The number of hydrogen-bond acceptors (Lipinski definition) is 7. The molecular formula is C26H24N6O3S2. The van der Waals surface area contributed by atoms with Gasteiger partial charge in [-0.1, -0.05) is 24.3 Å². The van der Waals surface area contributed by atoms with Crippen molar-refractivity contribution in [2.24, 2.45) is 7.05 Å². The summed E-state index contributed by atoms with van der Waals surface area (Å²) < 4.78 is 32.1. The molecule has 0 bridgehead atoms. The Kier molecular flexibility index (Phi) is 5.80. The molecule has 0 fully saturated rings. The van der Waals surface area contributed by atoms with Gasteiger partial charge in [-0.3, -0.25) is 14.1 Å². The zero-order valence-corrected chi connectivity index (χ0v) is 21.8. The first-order valence-electron chi connectivity index (χ1n) is 11.6. The first-order chi connectivity index (χ1) is 17.8. The predicted molar refractivity (Wildman–Crippen MR) is 143 cm³/mol. The fraction of sp³-hybridized carbons (Fsp3) is 0.192. The molecular weight excluding hydrogens is 508 g/mol. The lowest BCUT2D eigenvalue weighted by Crippen LogP contribution is -2.25. The van der Waals surface area contributed by atoms with Crippen molar-refractivity contribution in [1.82, 2.24) is 28.9 Å². The van der Waals surface area contributed by atoms with Crippen molar-refractivity contribution in [2.45, 2.75) is 25.3 Å². The van der Waals surface area contributed by atoms with Crippen LogP contribution in [0.4, 0.5) is 0 Å². The fourth-order valence-electron chi connectivity index (χ4n) is 4.50. The Labute approximate surface area is 217 Å². The second-order valence-electron chi connectivity index (χ2n) is 9.14. The fourth-order valence-corrected chi connectivity index (χ4v) is 6.46. The minimum Gasteiger partial charge on any atom is -0.384 e. The Hall–Kier alpha value is -3.64. The molecule has 1 aliphatic carbocycles. The zero-order valence-electron chi connectivity index (χ0n) is 20.2. The molecule has 11 heteroatoms. The summed E-state index contributed by atoms with van der Waals surface area (Å²) in [5, 5.41) is 17.6. The van der Waals surface area contributed by atoms with Crippen molar-refractivity contribution in [3.63, 3.8) is 0 Å². The third-order valence-electron chi connectivity index (χ3n) is 6.42. The van der Waals surface area contributed by atoms with E-state index in [4.69, 9.17) is 0 Å². The average Bonchev–Trinajstić information content (AvgIpc) is 3.56. The molecule has 0 spiro atoms. The summed E-state index contributed by atoms with van der Waals surface area (Å²) in [6, 6.07) is 7.27. The number of aryl methyl sites for hydroxylation is 2. The van der Waals surface area contributed by atoms with E-state index in [1.165, 1.54) is 11.3 Å². The van der Waals surface area contributed by atoms with Crippen LogP contribution in [0.25, 0.3) is 28.2 Å². The van der Waals surface area contributed by atoms with E-state index in [1.54, 1.807) is 29.2 Å². The van der Waals surface area contributed by atoms with E-state index < -0.39 is 16.1 Å². The topological polar surface area (TPSA) is 114 Å². The number of benzene rings is 1. The first-order valence-corrected chi connectivity index (χ1v) is 14.2. The van der Waals surface area contributed by atoms with Crippen LogP contribution in [0.1, 0.15) is 45.4 Å². The Balaban J connectivity index is 1.23. The van der Waals surface area contributed by atoms with Crippen molar-refractivity contribution in [3.8, 4) is 11.1 Å².